The average Bonchev–Trinajstić information content (AvgIpc) is 2.68. The Kier molecular flexibility index (Phi) is 4.04. The molecule has 1 N–H and O–H groups in total. The third-order valence-electron chi connectivity index (χ3n) is 2.24. The van der Waals surface area contributed by atoms with Crippen molar-refractivity contribution in [2.75, 3.05) is 0 Å². The van der Waals surface area contributed by atoms with Gasteiger partial charge < -0.3 is 4.98 Å². The molecule has 6 heteroatoms. The topological polar surface area (TPSA) is 45.8 Å². The van der Waals surface area contributed by atoms with Gasteiger partial charge in [-0.05, 0) is 56.6 Å². The molecule has 0 saturated carbocycles. The largest absolute Gasteiger partial charge is 0.305 e. The number of rotatable bonds is 2. The zero-order valence-corrected chi connectivity index (χ0v) is 13.8. The van der Waals surface area contributed by atoms with E-state index >= 15 is 0 Å². The first-order valence-corrected chi connectivity index (χ1v) is 7.73. The van der Waals surface area contributed by atoms with E-state index < -0.39 is 0 Å². The Bertz CT molecular complexity index is 606. The summed E-state index contributed by atoms with van der Waals surface area (Å²) in [6.45, 7) is 4.08. The lowest BCUT2D eigenvalue weighted by Gasteiger charge is -2.08. The molecule has 90 valence electrons. The summed E-state index contributed by atoms with van der Waals surface area (Å²) < 4.78 is 1.71. The van der Waals surface area contributed by atoms with Crippen LogP contribution >= 0.6 is 49.9 Å². The maximum absolute atomic E-state index is 11.8. The Morgan fingerprint density at radius 3 is 2.71 bits per heavy atom. The van der Waals surface area contributed by atoms with Crippen molar-refractivity contribution in [3.63, 3.8) is 0 Å². The highest BCUT2D eigenvalue weighted by atomic mass is 127. The summed E-state index contributed by atoms with van der Waals surface area (Å²) in [5, 5.41) is 0. The molecule has 0 bridgehead atoms. The first-order valence-electron chi connectivity index (χ1n) is 5.04. The van der Waals surface area contributed by atoms with E-state index in [1.54, 1.807) is 11.3 Å². The Morgan fingerprint density at radius 1 is 1.47 bits per heavy atom. The van der Waals surface area contributed by atoms with E-state index in [0.717, 1.165) is 14.4 Å². The monoisotopic (exact) mass is 424 g/mol. The zero-order chi connectivity index (χ0) is 12.6. The molecular weight excluding hydrogens is 415 g/mol. The number of halogens is 2. The number of hydrogen-bond donors (Lipinski definition) is 1. The Labute approximate surface area is 125 Å². The van der Waals surface area contributed by atoms with Crippen LogP contribution < -0.4 is 5.56 Å². The zero-order valence-electron chi connectivity index (χ0n) is 9.25. The molecule has 0 amide bonds. The molecule has 2 aromatic rings. The molecule has 0 unspecified atom stereocenters. The highest BCUT2D eigenvalue weighted by Crippen LogP contribution is 2.29. The minimum atomic E-state index is -0.0659. The molecule has 0 saturated heterocycles. The average molecular weight is 425 g/mol. The van der Waals surface area contributed by atoms with Gasteiger partial charge in [-0.25, -0.2) is 4.98 Å². The van der Waals surface area contributed by atoms with E-state index in [1.807, 2.05) is 48.6 Å². The van der Waals surface area contributed by atoms with Crippen LogP contribution in [0.3, 0.4) is 0 Å². The summed E-state index contributed by atoms with van der Waals surface area (Å²) in [4.78, 5) is 20.2. The van der Waals surface area contributed by atoms with Crippen molar-refractivity contribution in [2.24, 2.45) is 0 Å². The van der Waals surface area contributed by atoms with Crippen LogP contribution in [0.2, 0.25) is 0 Å². The van der Waals surface area contributed by atoms with E-state index in [-0.39, 0.29) is 11.5 Å². The van der Waals surface area contributed by atoms with E-state index in [2.05, 4.69) is 25.9 Å². The first-order chi connectivity index (χ1) is 7.99. The van der Waals surface area contributed by atoms with Gasteiger partial charge in [0.2, 0.25) is 0 Å². The van der Waals surface area contributed by atoms with Gasteiger partial charge in [0.15, 0.2) is 5.82 Å². The van der Waals surface area contributed by atoms with Crippen molar-refractivity contribution >= 4 is 49.9 Å². The summed E-state index contributed by atoms with van der Waals surface area (Å²) >= 11 is 7.01. The maximum atomic E-state index is 11.8. The second kappa shape index (κ2) is 5.19. The number of thiophene rings is 1. The quantitative estimate of drug-likeness (QED) is 0.741. The van der Waals surface area contributed by atoms with Crippen molar-refractivity contribution < 1.29 is 0 Å². The fourth-order valence-corrected chi connectivity index (χ4v) is 3.63. The lowest BCUT2D eigenvalue weighted by Crippen LogP contribution is -2.16. The SMILES string of the molecule is CC(C)c1nc(-c2ccc(Br)s2)[nH]c(=O)c1I. The van der Waals surface area contributed by atoms with Crippen LogP contribution in [-0.4, -0.2) is 9.97 Å². The van der Waals surface area contributed by atoms with Gasteiger partial charge in [0.1, 0.15) is 0 Å². The van der Waals surface area contributed by atoms with Gasteiger partial charge in [0.05, 0.1) is 17.9 Å². The number of nitrogens with one attached hydrogen (secondary N) is 1. The van der Waals surface area contributed by atoms with Crippen molar-refractivity contribution in [3.05, 3.63) is 35.5 Å². The molecule has 3 nitrogen and oxygen atoms in total. The lowest BCUT2D eigenvalue weighted by molar-refractivity contribution is 0.803. The Balaban J connectivity index is 2.61. The molecular formula is C11H10BrIN2OS. The van der Waals surface area contributed by atoms with Crippen molar-refractivity contribution in [1.29, 1.82) is 0 Å². The van der Waals surface area contributed by atoms with Gasteiger partial charge >= 0.3 is 0 Å². The number of aromatic nitrogens is 2. The molecule has 0 radical (unpaired) electrons. The summed E-state index contributed by atoms with van der Waals surface area (Å²) in [5.41, 5.74) is 0.790. The molecule has 2 rings (SSSR count). The number of aromatic amines is 1. The minimum absolute atomic E-state index is 0.0659. The predicted molar refractivity (Wildman–Crippen MR) is 82.7 cm³/mol. The third-order valence-corrected chi connectivity index (χ3v) is 4.91. The molecule has 2 aromatic heterocycles. The second-order valence-corrected chi connectivity index (χ2v) is 7.41. The molecule has 2 heterocycles. The lowest BCUT2D eigenvalue weighted by atomic mass is 10.1. The van der Waals surface area contributed by atoms with Crippen LogP contribution in [0.25, 0.3) is 10.7 Å². The molecule has 0 fully saturated rings. The van der Waals surface area contributed by atoms with Crippen LogP contribution in [0.5, 0.6) is 0 Å². The van der Waals surface area contributed by atoms with Gasteiger partial charge in [-0.3, -0.25) is 4.79 Å². The molecule has 17 heavy (non-hydrogen) atoms. The van der Waals surface area contributed by atoms with E-state index in [4.69, 9.17) is 0 Å². The standard InChI is InChI=1S/C11H10BrIN2OS/c1-5(2)9-8(13)11(16)15-10(14-9)6-3-4-7(12)17-6/h3-5H,1-2H3,(H,14,15,16). The molecule has 0 aromatic carbocycles. The van der Waals surface area contributed by atoms with Gasteiger partial charge in [-0.15, -0.1) is 11.3 Å². The molecule has 0 aliphatic carbocycles. The smallest absolute Gasteiger partial charge is 0.264 e. The summed E-state index contributed by atoms with van der Waals surface area (Å²) in [6, 6.07) is 3.90. The minimum Gasteiger partial charge on any atom is -0.305 e. The normalized spacial score (nSPS) is 11.1. The molecule has 0 atom stereocenters. The first kappa shape index (κ1) is 13.2. The second-order valence-electron chi connectivity index (χ2n) is 3.87. The Hall–Kier alpha value is -0.210. The third kappa shape index (κ3) is 2.79. The number of H-pyrrole nitrogens is 1. The van der Waals surface area contributed by atoms with Crippen LogP contribution in [0.15, 0.2) is 20.7 Å². The van der Waals surface area contributed by atoms with Crippen LogP contribution in [0.4, 0.5) is 0 Å². The molecule has 0 aliphatic rings. The summed E-state index contributed by atoms with van der Waals surface area (Å²) in [5.74, 6) is 0.890. The summed E-state index contributed by atoms with van der Waals surface area (Å²) in [7, 11) is 0. The van der Waals surface area contributed by atoms with Gasteiger partial charge in [0, 0.05) is 0 Å². The maximum Gasteiger partial charge on any atom is 0.264 e. The Morgan fingerprint density at radius 2 is 2.18 bits per heavy atom. The van der Waals surface area contributed by atoms with Gasteiger partial charge in [0.25, 0.3) is 5.56 Å². The van der Waals surface area contributed by atoms with E-state index in [0.29, 0.717) is 9.39 Å². The number of hydrogen-bond acceptors (Lipinski definition) is 3. The number of nitrogens with zero attached hydrogens (tertiary/aromatic N) is 1. The van der Waals surface area contributed by atoms with Crippen LogP contribution in [0.1, 0.15) is 25.5 Å². The fraction of sp³-hybridized carbons (Fsp3) is 0.273. The van der Waals surface area contributed by atoms with Gasteiger partial charge in [-0.1, -0.05) is 13.8 Å². The highest BCUT2D eigenvalue weighted by molar-refractivity contribution is 14.1. The van der Waals surface area contributed by atoms with Gasteiger partial charge in [-0.2, -0.15) is 0 Å². The van der Waals surface area contributed by atoms with E-state index in [9.17, 15) is 4.79 Å². The van der Waals surface area contributed by atoms with Crippen molar-refractivity contribution in [1.82, 2.24) is 9.97 Å². The van der Waals surface area contributed by atoms with Crippen LogP contribution in [-0.2, 0) is 0 Å². The highest BCUT2D eigenvalue weighted by Gasteiger charge is 2.13. The van der Waals surface area contributed by atoms with Crippen LogP contribution in [0, 0.1) is 3.57 Å². The summed E-state index contributed by atoms with van der Waals surface area (Å²) in [6.07, 6.45) is 0. The fourth-order valence-electron chi connectivity index (χ4n) is 1.42. The predicted octanol–water partition coefficient (Wildman–Crippen LogP) is 3.99. The molecule has 0 aliphatic heterocycles. The van der Waals surface area contributed by atoms with Crippen molar-refractivity contribution in [2.45, 2.75) is 19.8 Å². The molecule has 0 spiro atoms. The van der Waals surface area contributed by atoms with E-state index in [1.165, 1.54) is 0 Å². The van der Waals surface area contributed by atoms with Crippen molar-refractivity contribution in [3.8, 4) is 10.7 Å².